The van der Waals surface area contributed by atoms with Crippen molar-refractivity contribution >= 4 is 11.9 Å². The molecule has 0 bridgehead atoms. The molecule has 1 rings (SSSR count). The Kier molecular flexibility index (Phi) is 4.51. The van der Waals surface area contributed by atoms with Crippen LogP contribution in [0.25, 0.3) is 0 Å². The molecule has 0 atom stereocenters. The van der Waals surface area contributed by atoms with Crippen LogP contribution in [0.15, 0.2) is 35.7 Å². The Morgan fingerprint density at radius 3 is 2.29 bits per heavy atom. The highest BCUT2D eigenvalue weighted by Crippen LogP contribution is 2.03. The molecule has 1 amide bonds. The Morgan fingerprint density at radius 1 is 1.18 bits per heavy atom. The fourth-order valence-corrected chi connectivity index (χ4v) is 1.28. The molecule has 0 saturated carbocycles. The van der Waals surface area contributed by atoms with Crippen molar-refractivity contribution in [1.82, 2.24) is 9.88 Å². The van der Waals surface area contributed by atoms with E-state index >= 15 is 0 Å². The number of hydrogen-bond donors (Lipinski definition) is 2. The van der Waals surface area contributed by atoms with Gasteiger partial charge in [-0.3, -0.25) is 4.79 Å². The van der Waals surface area contributed by atoms with E-state index in [0.717, 1.165) is 0 Å². The summed E-state index contributed by atoms with van der Waals surface area (Å²) in [4.78, 5) is 22.2. The van der Waals surface area contributed by atoms with Crippen LogP contribution >= 0.6 is 0 Å². The second-order valence-corrected chi connectivity index (χ2v) is 3.73. The van der Waals surface area contributed by atoms with E-state index in [2.05, 4.69) is 5.32 Å². The summed E-state index contributed by atoms with van der Waals surface area (Å²) < 4.78 is 1.93. The van der Waals surface area contributed by atoms with Gasteiger partial charge in [-0.15, -0.1) is 0 Å². The van der Waals surface area contributed by atoms with Gasteiger partial charge in [0, 0.05) is 36.6 Å². The quantitative estimate of drug-likeness (QED) is 0.750. The predicted molar refractivity (Wildman–Crippen MR) is 63.5 cm³/mol. The zero-order valence-corrected chi connectivity index (χ0v) is 9.93. The fourth-order valence-electron chi connectivity index (χ4n) is 1.28. The third-order valence-electron chi connectivity index (χ3n) is 2.55. The number of aliphatic carboxylic acids is 1. The third-order valence-corrected chi connectivity index (χ3v) is 2.55. The highest BCUT2D eigenvalue weighted by Gasteiger charge is 2.11. The van der Waals surface area contributed by atoms with E-state index in [1.54, 1.807) is 0 Å². The molecule has 1 aromatic rings. The molecule has 1 heterocycles. The molecule has 17 heavy (non-hydrogen) atoms. The van der Waals surface area contributed by atoms with Crippen molar-refractivity contribution in [3.05, 3.63) is 35.7 Å². The molecular formula is C12H16N2O3. The van der Waals surface area contributed by atoms with E-state index in [1.807, 2.05) is 29.1 Å². The molecular weight excluding hydrogens is 220 g/mol. The van der Waals surface area contributed by atoms with Crippen molar-refractivity contribution in [2.45, 2.75) is 20.4 Å². The first-order valence-electron chi connectivity index (χ1n) is 5.32. The molecule has 1 aromatic heterocycles. The summed E-state index contributed by atoms with van der Waals surface area (Å²) >= 11 is 0. The molecule has 0 saturated heterocycles. The van der Waals surface area contributed by atoms with E-state index in [0.29, 0.717) is 13.1 Å². The first-order chi connectivity index (χ1) is 8.02. The summed E-state index contributed by atoms with van der Waals surface area (Å²) in [5.41, 5.74) is 0.313. The highest BCUT2D eigenvalue weighted by atomic mass is 16.4. The van der Waals surface area contributed by atoms with Gasteiger partial charge in [0.25, 0.3) is 0 Å². The van der Waals surface area contributed by atoms with Crippen LogP contribution in [0.4, 0.5) is 0 Å². The number of nitrogens with zero attached hydrogens (tertiary/aromatic N) is 1. The average molecular weight is 236 g/mol. The van der Waals surface area contributed by atoms with Crippen molar-refractivity contribution < 1.29 is 14.7 Å². The topological polar surface area (TPSA) is 71.3 Å². The minimum atomic E-state index is -1.07. The van der Waals surface area contributed by atoms with Gasteiger partial charge in [-0.1, -0.05) is 0 Å². The Balaban J connectivity index is 2.45. The number of aromatic nitrogens is 1. The lowest BCUT2D eigenvalue weighted by molar-refractivity contribution is -0.133. The summed E-state index contributed by atoms with van der Waals surface area (Å²) in [5.74, 6) is -1.40. The van der Waals surface area contributed by atoms with Gasteiger partial charge in [0.05, 0.1) is 0 Å². The van der Waals surface area contributed by atoms with Crippen LogP contribution in [0.2, 0.25) is 0 Å². The first-order valence-corrected chi connectivity index (χ1v) is 5.32. The number of rotatable bonds is 5. The van der Waals surface area contributed by atoms with Crippen molar-refractivity contribution in [1.29, 1.82) is 0 Å². The number of amides is 1. The SMILES string of the molecule is C/C(C(=O)O)=C(/C)C(=O)NCCn1cccc1. The van der Waals surface area contributed by atoms with Crippen LogP contribution in [0.3, 0.4) is 0 Å². The lowest BCUT2D eigenvalue weighted by Gasteiger charge is -2.07. The maximum atomic E-state index is 11.6. The highest BCUT2D eigenvalue weighted by molar-refractivity contribution is 6.01. The predicted octanol–water partition coefficient (Wildman–Crippen LogP) is 1.03. The average Bonchev–Trinajstić information content (AvgIpc) is 2.79. The summed E-state index contributed by atoms with van der Waals surface area (Å²) in [5, 5.41) is 11.4. The molecule has 0 aromatic carbocycles. The van der Waals surface area contributed by atoms with Gasteiger partial charge in [-0.25, -0.2) is 4.79 Å². The molecule has 0 fully saturated rings. The lowest BCUT2D eigenvalue weighted by Crippen LogP contribution is -2.28. The maximum absolute atomic E-state index is 11.6. The van der Waals surface area contributed by atoms with Crippen LogP contribution in [-0.2, 0) is 16.1 Å². The minimum Gasteiger partial charge on any atom is -0.478 e. The third kappa shape index (κ3) is 3.79. The zero-order valence-electron chi connectivity index (χ0n) is 9.93. The van der Waals surface area contributed by atoms with Gasteiger partial charge in [0.1, 0.15) is 0 Å². The smallest absolute Gasteiger partial charge is 0.331 e. The number of carboxylic acids is 1. The number of hydrogen-bond acceptors (Lipinski definition) is 2. The Morgan fingerprint density at radius 2 is 1.76 bits per heavy atom. The monoisotopic (exact) mass is 236 g/mol. The Hall–Kier alpha value is -2.04. The standard InChI is InChI=1S/C12H16N2O3/c1-9(10(2)12(16)17)11(15)13-5-8-14-6-3-4-7-14/h3-4,6-7H,5,8H2,1-2H3,(H,13,15)(H,16,17)/b10-9+. The van der Waals surface area contributed by atoms with Crippen LogP contribution in [-0.4, -0.2) is 28.1 Å². The summed E-state index contributed by atoms with van der Waals surface area (Å²) in [6.45, 7) is 4.06. The second kappa shape index (κ2) is 5.89. The number of carboxylic acid groups (broad SMARTS) is 1. The summed E-state index contributed by atoms with van der Waals surface area (Å²) in [7, 11) is 0. The number of carbonyl (C=O) groups excluding carboxylic acids is 1. The van der Waals surface area contributed by atoms with E-state index in [4.69, 9.17) is 5.11 Å². The van der Waals surface area contributed by atoms with Crippen LogP contribution in [0.1, 0.15) is 13.8 Å². The molecule has 0 aliphatic rings. The minimum absolute atomic E-state index is 0.0727. The zero-order chi connectivity index (χ0) is 12.8. The molecule has 2 N–H and O–H groups in total. The van der Waals surface area contributed by atoms with Gasteiger partial charge in [0.15, 0.2) is 0 Å². The second-order valence-electron chi connectivity index (χ2n) is 3.73. The molecule has 0 spiro atoms. The molecule has 92 valence electrons. The van der Waals surface area contributed by atoms with Crippen molar-refractivity contribution in [2.75, 3.05) is 6.54 Å². The van der Waals surface area contributed by atoms with Crippen LogP contribution in [0.5, 0.6) is 0 Å². The van der Waals surface area contributed by atoms with E-state index in [1.165, 1.54) is 13.8 Å². The molecule has 0 radical (unpaired) electrons. The molecule has 0 unspecified atom stereocenters. The first kappa shape index (κ1) is 13.0. The molecule has 0 aliphatic carbocycles. The Labute approximate surface area is 99.7 Å². The maximum Gasteiger partial charge on any atom is 0.331 e. The number of nitrogens with one attached hydrogen (secondary N) is 1. The van der Waals surface area contributed by atoms with Gasteiger partial charge in [-0.05, 0) is 26.0 Å². The van der Waals surface area contributed by atoms with Crippen LogP contribution < -0.4 is 5.32 Å². The molecule has 0 aliphatic heterocycles. The molecule has 5 heteroatoms. The van der Waals surface area contributed by atoms with E-state index < -0.39 is 5.97 Å². The van der Waals surface area contributed by atoms with E-state index in [-0.39, 0.29) is 17.1 Å². The van der Waals surface area contributed by atoms with Crippen molar-refractivity contribution in [2.24, 2.45) is 0 Å². The number of carbonyl (C=O) groups is 2. The van der Waals surface area contributed by atoms with Gasteiger partial charge >= 0.3 is 5.97 Å². The van der Waals surface area contributed by atoms with Gasteiger partial charge in [-0.2, -0.15) is 0 Å². The van der Waals surface area contributed by atoms with Crippen LogP contribution in [0, 0.1) is 0 Å². The Bertz CT molecular complexity index is 433. The van der Waals surface area contributed by atoms with Crippen molar-refractivity contribution in [3.8, 4) is 0 Å². The van der Waals surface area contributed by atoms with Gasteiger partial charge < -0.3 is 15.0 Å². The largest absolute Gasteiger partial charge is 0.478 e. The fraction of sp³-hybridized carbons (Fsp3) is 0.333. The molecule has 5 nitrogen and oxygen atoms in total. The van der Waals surface area contributed by atoms with Gasteiger partial charge in [0.2, 0.25) is 5.91 Å². The normalized spacial score (nSPS) is 11.9. The van der Waals surface area contributed by atoms with E-state index in [9.17, 15) is 9.59 Å². The van der Waals surface area contributed by atoms with Crippen molar-refractivity contribution in [3.63, 3.8) is 0 Å². The summed E-state index contributed by atoms with van der Waals surface area (Å²) in [6.07, 6.45) is 3.80. The lowest BCUT2D eigenvalue weighted by atomic mass is 10.1. The summed E-state index contributed by atoms with van der Waals surface area (Å²) in [6, 6.07) is 3.81.